The van der Waals surface area contributed by atoms with Crippen molar-refractivity contribution in [1.29, 1.82) is 0 Å². The Bertz CT molecular complexity index is 502. The molecule has 0 aliphatic heterocycles. The Balaban J connectivity index is 2.34. The van der Waals surface area contributed by atoms with Gasteiger partial charge in [0.2, 0.25) is 0 Å². The summed E-state index contributed by atoms with van der Waals surface area (Å²) in [6, 6.07) is 7.14. The zero-order chi connectivity index (χ0) is 10.8. The second-order valence-corrected chi connectivity index (χ2v) is 3.26. The van der Waals surface area contributed by atoms with Crippen molar-refractivity contribution in [3.8, 4) is 0 Å². The number of fused-ring (bicyclic) bond motifs is 1. The SMILES string of the molecule is COC(=O)Cc1cc2cc(N)ccc2o1. The van der Waals surface area contributed by atoms with Crippen LogP contribution >= 0.6 is 0 Å². The molecule has 1 aromatic carbocycles. The molecule has 0 unspecified atom stereocenters. The summed E-state index contributed by atoms with van der Waals surface area (Å²) in [5, 5.41) is 0.897. The number of furan rings is 1. The van der Waals surface area contributed by atoms with Crippen molar-refractivity contribution in [2.24, 2.45) is 0 Å². The lowest BCUT2D eigenvalue weighted by Crippen LogP contribution is -2.02. The van der Waals surface area contributed by atoms with Gasteiger partial charge in [0.15, 0.2) is 0 Å². The third-order valence-electron chi connectivity index (χ3n) is 2.14. The molecule has 2 rings (SSSR count). The highest BCUT2D eigenvalue weighted by molar-refractivity contribution is 5.82. The van der Waals surface area contributed by atoms with Crippen LogP contribution in [-0.2, 0) is 16.0 Å². The van der Waals surface area contributed by atoms with E-state index in [4.69, 9.17) is 10.2 Å². The van der Waals surface area contributed by atoms with E-state index >= 15 is 0 Å². The van der Waals surface area contributed by atoms with Gasteiger partial charge in [-0.15, -0.1) is 0 Å². The number of carbonyl (C=O) groups is 1. The molecule has 0 aliphatic carbocycles. The number of nitrogens with two attached hydrogens (primary N) is 1. The molecule has 1 heterocycles. The van der Waals surface area contributed by atoms with Crippen molar-refractivity contribution in [2.45, 2.75) is 6.42 Å². The van der Waals surface area contributed by atoms with Crippen molar-refractivity contribution < 1.29 is 13.9 Å². The van der Waals surface area contributed by atoms with E-state index in [0.29, 0.717) is 11.4 Å². The first-order valence-corrected chi connectivity index (χ1v) is 4.54. The average Bonchev–Trinajstić information content (AvgIpc) is 2.59. The lowest BCUT2D eigenvalue weighted by Gasteiger charge is -1.93. The standard InChI is InChI=1S/C11H11NO3/c1-14-11(13)6-9-5-7-4-8(12)2-3-10(7)15-9/h2-5H,6,12H2,1H3. The highest BCUT2D eigenvalue weighted by Crippen LogP contribution is 2.22. The molecule has 4 heteroatoms. The van der Waals surface area contributed by atoms with E-state index in [0.717, 1.165) is 11.0 Å². The van der Waals surface area contributed by atoms with Gasteiger partial charge in [-0.25, -0.2) is 0 Å². The molecule has 0 saturated carbocycles. The minimum Gasteiger partial charge on any atom is -0.469 e. The fourth-order valence-electron chi connectivity index (χ4n) is 1.42. The van der Waals surface area contributed by atoms with Crippen LogP contribution in [0.3, 0.4) is 0 Å². The number of hydrogen-bond donors (Lipinski definition) is 1. The van der Waals surface area contributed by atoms with Gasteiger partial charge in [-0.05, 0) is 24.3 Å². The summed E-state index contributed by atoms with van der Waals surface area (Å²) in [6.07, 6.45) is 0.144. The molecular weight excluding hydrogens is 194 g/mol. The number of hydrogen-bond acceptors (Lipinski definition) is 4. The van der Waals surface area contributed by atoms with E-state index in [1.807, 2.05) is 0 Å². The monoisotopic (exact) mass is 205 g/mol. The third kappa shape index (κ3) is 1.93. The smallest absolute Gasteiger partial charge is 0.313 e. The van der Waals surface area contributed by atoms with Crippen LogP contribution in [0.5, 0.6) is 0 Å². The minimum atomic E-state index is -0.318. The number of anilines is 1. The molecule has 0 spiro atoms. The van der Waals surface area contributed by atoms with Crippen LogP contribution in [0.15, 0.2) is 28.7 Å². The zero-order valence-corrected chi connectivity index (χ0v) is 8.32. The van der Waals surface area contributed by atoms with Crippen molar-refractivity contribution >= 4 is 22.6 Å². The Kier molecular flexibility index (Phi) is 2.33. The van der Waals surface area contributed by atoms with Crippen molar-refractivity contribution in [2.75, 3.05) is 12.8 Å². The van der Waals surface area contributed by atoms with Crippen LogP contribution < -0.4 is 5.73 Å². The van der Waals surface area contributed by atoms with Crippen molar-refractivity contribution in [1.82, 2.24) is 0 Å². The first-order valence-electron chi connectivity index (χ1n) is 4.54. The number of methoxy groups -OCH3 is 1. The Morgan fingerprint density at radius 1 is 1.47 bits per heavy atom. The lowest BCUT2D eigenvalue weighted by atomic mass is 10.2. The maximum Gasteiger partial charge on any atom is 0.313 e. The molecule has 0 fully saturated rings. The summed E-state index contributed by atoms with van der Waals surface area (Å²) in [4.78, 5) is 11.0. The maximum absolute atomic E-state index is 11.0. The van der Waals surface area contributed by atoms with Gasteiger partial charge in [-0.3, -0.25) is 4.79 Å². The molecule has 4 nitrogen and oxygen atoms in total. The Morgan fingerprint density at radius 2 is 2.27 bits per heavy atom. The summed E-state index contributed by atoms with van der Waals surface area (Å²) >= 11 is 0. The number of esters is 1. The van der Waals surface area contributed by atoms with E-state index in [2.05, 4.69) is 4.74 Å². The normalized spacial score (nSPS) is 10.5. The molecule has 0 bridgehead atoms. The summed E-state index contributed by atoms with van der Waals surface area (Å²) in [7, 11) is 1.35. The molecule has 0 saturated heterocycles. The van der Waals surface area contributed by atoms with Crippen molar-refractivity contribution in [3.05, 3.63) is 30.0 Å². The fraction of sp³-hybridized carbons (Fsp3) is 0.182. The molecule has 78 valence electrons. The van der Waals surface area contributed by atoms with Gasteiger partial charge >= 0.3 is 5.97 Å². The Morgan fingerprint density at radius 3 is 3.00 bits per heavy atom. The zero-order valence-electron chi connectivity index (χ0n) is 8.32. The average molecular weight is 205 g/mol. The van der Waals surface area contributed by atoms with E-state index in [1.54, 1.807) is 24.3 Å². The molecular formula is C11H11NO3. The van der Waals surface area contributed by atoms with E-state index in [-0.39, 0.29) is 12.4 Å². The molecule has 0 atom stereocenters. The predicted molar refractivity (Wildman–Crippen MR) is 56.3 cm³/mol. The molecule has 0 amide bonds. The maximum atomic E-state index is 11.0. The van der Waals surface area contributed by atoms with E-state index in [9.17, 15) is 4.79 Å². The topological polar surface area (TPSA) is 65.5 Å². The molecule has 2 aromatic rings. The van der Waals surface area contributed by atoms with Crippen LogP contribution in [0.2, 0.25) is 0 Å². The first kappa shape index (κ1) is 9.58. The number of ether oxygens (including phenoxy) is 1. The molecule has 1 aromatic heterocycles. The van der Waals surface area contributed by atoms with Crippen molar-refractivity contribution in [3.63, 3.8) is 0 Å². The van der Waals surface area contributed by atoms with E-state index < -0.39 is 0 Å². The number of benzene rings is 1. The van der Waals surface area contributed by atoms with Crippen LogP contribution in [0.25, 0.3) is 11.0 Å². The molecule has 0 radical (unpaired) electrons. The highest BCUT2D eigenvalue weighted by atomic mass is 16.5. The van der Waals surface area contributed by atoms with Crippen LogP contribution in [-0.4, -0.2) is 13.1 Å². The molecule has 15 heavy (non-hydrogen) atoms. The number of carbonyl (C=O) groups excluding carboxylic acids is 1. The Hall–Kier alpha value is -1.97. The van der Waals surface area contributed by atoms with Crippen LogP contribution in [0.1, 0.15) is 5.76 Å². The third-order valence-corrected chi connectivity index (χ3v) is 2.14. The van der Waals surface area contributed by atoms with Crippen LogP contribution in [0.4, 0.5) is 5.69 Å². The largest absolute Gasteiger partial charge is 0.469 e. The first-order chi connectivity index (χ1) is 7.19. The summed E-state index contributed by atoms with van der Waals surface area (Å²) < 4.78 is 9.99. The minimum absolute atomic E-state index is 0.144. The van der Waals surface area contributed by atoms with Gasteiger partial charge in [-0.1, -0.05) is 0 Å². The number of rotatable bonds is 2. The molecule has 0 aliphatic rings. The summed E-state index contributed by atoms with van der Waals surface area (Å²) in [6.45, 7) is 0. The van der Waals surface area contributed by atoms with Gasteiger partial charge in [0.25, 0.3) is 0 Å². The van der Waals surface area contributed by atoms with Gasteiger partial charge in [0, 0.05) is 11.1 Å². The summed E-state index contributed by atoms with van der Waals surface area (Å²) in [5.41, 5.74) is 7.03. The second kappa shape index (κ2) is 3.65. The quantitative estimate of drug-likeness (QED) is 0.599. The van der Waals surface area contributed by atoms with E-state index in [1.165, 1.54) is 7.11 Å². The van der Waals surface area contributed by atoms with Gasteiger partial charge in [-0.2, -0.15) is 0 Å². The molecule has 2 N–H and O–H groups in total. The van der Waals surface area contributed by atoms with Gasteiger partial charge in [0.05, 0.1) is 7.11 Å². The Labute approximate surface area is 86.6 Å². The fourth-order valence-corrected chi connectivity index (χ4v) is 1.42. The lowest BCUT2D eigenvalue weighted by molar-refractivity contribution is -0.140. The second-order valence-electron chi connectivity index (χ2n) is 3.26. The van der Waals surface area contributed by atoms with Gasteiger partial charge in [0.1, 0.15) is 17.8 Å². The predicted octanol–water partition coefficient (Wildman–Crippen LogP) is 1.73. The highest BCUT2D eigenvalue weighted by Gasteiger charge is 2.08. The van der Waals surface area contributed by atoms with Gasteiger partial charge < -0.3 is 14.9 Å². The summed E-state index contributed by atoms with van der Waals surface area (Å²) in [5.74, 6) is 0.268. The number of nitrogen functional groups attached to an aromatic ring is 1. The van der Waals surface area contributed by atoms with Crippen LogP contribution in [0, 0.1) is 0 Å².